The quantitative estimate of drug-likeness (QED) is 0.0392. The van der Waals surface area contributed by atoms with Crippen LogP contribution >= 0.6 is 0 Å². The first-order chi connectivity index (χ1) is 67.0. The van der Waals surface area contributed by atoms with Gasteiger partial charge in [-0.05, 0) is 153 Å². The summed E-state index contributed by atoms with van der Waals surface area (Å²) >= 11 is 0. The maximum Gasteiger partial charge on any atom is 0.251 e. The molecule has 0 aliphatic carbocycles. The highest BCUT2D eigenvalue weighted by atomic mass is 32.2. The van der Waals surface area contributed by atoms with Gasteiger partial charge in [0.05, 0.1) is 100 Å². The number of piperidine rings is 3. The molecule has 10 aliphatic rings. The molecule has 4 N–H and O–H groups in total. The molecule has 3 aromatic heterocycles. The molecule has 39 heteroatoms. The van der Waals surface area contributed by atoms with Gasteiger partial charge in [0.1, 0.15) is 83.1 Å². The number of sulfone groups is 1. The Hall–Kier alpha value is -13.4. The summed E-state index contributed by atoms with van der Waals surface area (Å²) in [5, 5.41) is 42.2. The second-order valence-electron chi connectivity index (χ2n) is 35.9. The van der Waals surface area contributed by atoms with Crippen LogP contribution < -0.4 is 50.2 Å². The minimum atomic E-state index is -3.52. The number of anilines is 9. The lowest BCUT2D eigenvalue weighted by Crippen LogP contribution is -2.56. The number of piperazine rings is 3. The molecule has 6 aromatic carbocycles. The average Bonchev–Trinajstić information content (AvgIpc) is 0.979. The van der Waals surface area contributed by atoms with Crippen LogP contribution in [0.2, 0.25) is 0 Å². The number of hydrogen-bond acceptors (Lipinski definition) is 31. The fraction of sp³-hybridized carbons (Fsp3) is 0.444. The molecule has 138 heavy (non-hydrogen) atoms. The third-order valence-electron chi connectivity index (χ3n) is 26.6. The number of benzene rings is 6. The van der Waals surface area contributed by atoms with Crippen LogP contribution in [0, 0.1) is 39.9 Å². The van der Waals surface area contributed by atoms with Crippen molar-refractivity contribution in [2.45, 2.75) is 93.7 Å². The summed E-state index contributed by atoms with van der Waals surface area (Å²) in [6.45, 7) is 19.5. The van der Waals surface area contributed by atoms with E-state index in [4.69, 9.17) is 33.2 Å². The summed E-state index contributed by atoms with van der Waals surface area (Å²) in [4.78, 5) is 94.8. The van der Waals surface area contributed by atoms with Crippen LogP contribution in [-0.4, -0.2) is 336 Å². The summed E-state index contributed by atoms with van der Waals surface area (Å²) in [6, 6.07) is 53.3. The highest BCUT2D eigenvalue weighted by Crippen LogP contribution is 2.37. The van der Waals surface area contributed by atoms with Crippen LogP contribution in [0.25, 0.3) is 34.2 Å². The summed E-state index contributed by atoms with van der Waals surface area (Å²) < 4.78 is 107. The Bertz CT molecular complexity index is 6030. The van der Waals surface area contributed by atoms with E-state index in [2.05, 4.69) is 135 Å². The van der Waals surface area contributed by atoms with Crippen molar-refractivity contribution in [2.75, 3.05) is 214 Å². The minimum absolute atomic E-state index is 0.0822. The van der Waals surface area contributed by atoms with Crippen molar-refractivity contribution in [3.05, 3.63) is 181 Å². The lowest BCUT2D eigenvalue weighted by atomic mass is 10.0. The molecule has 0 spiro atoms. The number of ether oxygens (including phenoxy) is 7. The lowest BCUT2D eigenvalue weighted by Gasteiger charge is -2.43. The maximum atomic E-state index is 15.2. The highest BCUT2D eigenvalue weighted by molar-refractivity contribution is 7.91. The Kier molecular flexibility index (Phi) is 30.9. The number of rotatable bonds is 26. The van der Waals surface area contributed by atoms with Crippen LogP contribution in [0.5, 0.6) is 17.2 Å². The molecule has 9 aromatic rings. The smallest absolute Gasteiger partial charge is 0.251 e. The molecule has 0 saturated carbocycles. The van der Waals surface area contributed by atoms with Gasteiger partial charge in [-0.3, -0.25) is 33.9 Å². The van der Waals surface area contributed by atoms with Crippen molar-refractivity contribution < 1.29 is 73.9 Å². The van der Waals surface area contributed by atoms with Gasteiger partial charge in [-0.2, -0.15) is 15.8 Å². The standard InChI is InChI=1S/C34H37FN8O4.C33H38FN7O4.C32H36FN7O5S/c35-28-19-43(34(45)24-16-32(44)38-18-24)10-8-30(28)47-29-6-1-22(15-23(29)17-36)33-37-9-7-31(40-33)39-25-2-4-26(5-3-25)41-11-13-42(14-12-41)27-20-46-21-27;1-22(43-2)33(42)41-12-10-30(28(34)19-41)45-29-8-3-23(17-24(29)18-35)32-36-11-9-31(38-32)37-25-4-6-26(7-5-25)39-13-15-40(16-14-39)27-20-44-21-27;1-46(42,43)21-31(41)40-11-9-29(27(33)18-40)45-28-7-2-22(16-23(28)17-34)32-35-10-8-30(37-32)36-24-3-5-25(6-4-24)38-12-14-39(15-13-38)26-19-44-20-26/h1-7,9,15,24,27-28,30H,8,10-14,16,18-21H2,(H,38,44)(H,37,39,40);3-9,11,17,22,27-28,30H,10,12-16,19-21H2,1-2H3,(H,36,37,38);2-8,10,16,26-27,29H,9,11-15,18-21H2,1H3,(H,35,36,37)/t24?,28-,30+;22-,28+,30-;27-,29+/m101/s1. The van der Waals surface area contributed by atoms with Gasteiger partial charge >= 0.3 is 0 Å². The number of halogens is 3. The van der Waals surface area contributed by atoms with Gasteiger partial charge in [-0.25, -0.2) is 51.5 Å². The van der Waals surface area contributed by atoms with Crippen LogP contribution in [0.1, 0.15) is 49.3 Å². The molecule has 10 saturated heterocycles. The molecule has 19 rings (SSSR count). The Morgan fingerprint density at radius 2 is 0.804 bits per heavy atom. The van der Waals surface area contributed by atoms with E-state index in [1.54, 1.807) is 98.3 Å². The number of nitriles is 3. The first-order valence-corrected chi connectivity index (χ1v) is 48.7. The van der Waals surface area contributed by atoms with Gasteiger partial charge < -0.3 is 83.8 Å². The number of carbonyl (C=O) groups excluding carboxylic acids is 4. The highest BCUT2D eigenvalue weighted by Gasteiger charge is 2.41. The zero-order chi connectivity index (χ0) is 95.9. The fourth-order valence-electron chi connectivity index (χ4n) is 18.2. The SMILES string of the molecule is CO[C@@H](C)C(=O)N1CC[C@H](Oc2ccc(-c3nccc(Nc4ccc(N5CCN(C6COC6)CC5)cc4)n3)cc2C#N)[C@H](F)C1.CS(=O)(=O)CC(=O)N1CC[C@H](Oc2ccc(-c3nccc(Nc4ccc(N5CCN(C6COC6)CC5)cc4)n3)cc2C#N)[C@H](F)C1.N#Cc1cc(-c2nccc(Nc3ccc(N4CCN(C5COC5)CC4)cc3)n2)ccc1O[C@H]1CCN(C(=O)C2CNC(=O)C2)C[C@H]1F. The molecule has 8 atom stereocenters. The second kappa shape index (κ2) is 44.4. The molecular formula is C99H111F3N22O13S. The van der Waals surface area contributed by atoms with E-state index in [-0.39, 0.29) is 104 Å². The van der Waals surface area contributed by atoms with Crippen molar-refractivity contribution in [1.29, 1.82) is 15.8 Å². The lowest BCUT2D eigenvalue weighted by molar-refractivity contribution is -0.144. The number of nitrogens with one attached hydrogen (secondary N) is 4. The third-order valence-corrected chi connectivity index (χ3v) is 27.4. The van der Waals surface area contributed by atoms with Crippen molar-refractivity contribution in [2.24, 2.45) is 5.92 Å². The first kappa shape index (κ1) is 96.3. The zero-order valence-corrected chi connectivity index (χ0v) is 77.9. The number of methoxy groups -OCH3 is 1. The van der Waals surface area contributed by atoms with E-state index in [1.807, 2.05) is 36.4 Å². The average molecular weight is 1910 g/mol. The minimum Gasteiger partial charge on any atom is -0.486 e. The number of hydrogen-bond donors (Lipinski definition) is 4. The van der Waals surface area contributed by atoms with Gasteiger partial charge in [0.2, 0.25) is 17.7 Å². The van der Waals surface area contributed by atoms with Crippen LogP contribution in [0.15, 0.2) is 164 Å². The van der Waals surface area contributed by atoms with E-state index in [0.29, 0.717) is 89.3 Å². The van der Waals surface area contributed by atoms with Crippen molar-refractivity contribution >= 4 is 85.0 Å². The molecular weight excluding hydrogens is 1790 g/mol. The second-order valence-corrected chi connectivity index (χ2v) is 38.0. The monoisotopic (exact) mass is 1900 g/mol. The first-order valence-electron chi connectivity index (χ1n) is 46.7. The Balaban J connectivity index is 0.000000143. The zero-order valence-electron chi connectivity index (χ0n) is 77.1. The number of aromatic nitrogens is 6. The van der Waals surface area contributed by atoms with Crippen LogP contribution in [0.4, 0.5) is 64.7 Å². The number of amides is 4. The summed E-state index contributed by atoms with van der Waals surface area (Å²) in [5.41, 5.74) is 8.77. The predicted octanol–water partition coefficient (Wildman–Crippen LogP) is 9.01. The number of alkyl halides is 3. The Labute approximate surface area is 799 Å². The van der Waals surface area contributed by atoms with E-state index in [1.165, 1.54) is 38.9 Å². The molecule has 1 unspecified atom stereocenters. The van der Waals surface area contributed by atoms with Crippen molar-refractivity contribution in [3.63, 3.8) is 0 Å². The number of carbonyl (C=O) groups is 4. The summed E-state index contributed by atoms with van der Waals surface area (Å²) in [7, 11) is -2.07. The molecule has 4 amide bonds. The van der Waals surface area contributed by atoms with E-state index < -0.39 is 70.3 Å². The van der Waals surface area contributed by atoms with Gasteiger partial charge in [0, 0.05) is 213 Å². The van der Waals surface area contributed by atoms with E-state index >= 15 is 8.78 Å². The van der Waals surface area contributed by atoms with Crippen molar-refractivity contribution in [1.82, 2.24) is 64.6 Å². The Morgan fingerprint density at radius 3 is 1.11 bits per heavy atom. The van der Waals surface area contributed by atoms with Crippen LogP contribution in [-0.2, 0) is 48.0 Å². The summed E-state index contributed by atoms with van der Waals surface area (Å²) in [5.74, 6) is 1.47. The predicted molar refractivity (Wildman–Crippen MR) is 510 cm³/mol. The van der Waals surface area contributed by atoms with Gasteiger partial charge in [0.15, 0.2) is 45.8 Å². The third kappa shape index (κ3) is 24.0. The molecule has 35 nitrogen and oxygen atoms in total. The molecule has 722 valence electrons. The Morgan fingerprint density at radius 1 is 0.471 bits per heavy atom. The van der Waals surface area contributed by atoms with Gasteiger partial charge in [0.25, 0.3) is 5.91 Å². The van der Waals surface area contributed by atoms with Crippen molar-refractivity contribution in [3.8, 4) is 69.6 Å². The molecule has 10 fully saturated rings. The number of nitrogens with zero attached hydrogens (tertiary/aromatic N) is 18. The van der Waals surface area contributed by atoms with Gasteiger partial charge in [-0.15, -0.1) is 0 Å². The summed E-state index contributed by atoms with van der Waals surface area (Å²) in [6.07, 6.45) is -0.661. The topological polar surface area (TPSA) is 393 Å². The molecule has 10 aliphatic heterocycles. The largest absolute Gasteiger partial charge is 0.486 e. The molecule has 0 bridgehead atoms. The molecule has 0 radical (unpaired) electrons. The van der Waals surface area contributed by atoms with Gasteiger partial charge in [-0.1, -0.05) is 0 Å². The molecule has 13 heterocycles. The fourth-order valence-corrected chi connectivity index (χ4v) is 18.8. The van der Waals surface area contributed by atoms with E-state index in [0.717, 1.165) is 141 Å². The number of likely N-dealkylation sites (tertiary alicyclic amines) is 3. The maximum absolute atomic E-state index is 15.2. The van der Waals surface area contributed by atoms with E-state index in [9.17, 15) is 47.8 Å². The normalized spacial score (nSPS) is 22.0. The van der Waals surface area contributed by atoms with Crippen LogP contribution in [0.3, 0.4) is 0 Å².